The highest BCUT2D eigenvalue weighted by atomic mass is 16.7. The lowest BCUT2D eigenvalue weighted by molar-refractivity contribution is -0.124. The number of rotatable bonds is 7. The second kappa shape index (κ2) is 7.92. The van der Waals surface area contributed by atoms with Gasteiger partial charge in [-0.2, -0.15) is 0 Å². The van der Waals surface area contributed by atoms with Gasteiger partial charge in [0.1, 0.15) is 6.04 Å². The zero-order valence-electron chi connectivity index (χ0n) is 17.0. The second-order valence-corrected chi connectivity index (χ2v) is 7.44. The van der Waals surface area contributed by atoms with Crippen LogP contribution in [0.1, 0.15) is 18.9 Å². The number of ether oxygens (including phenoxy) is 3. The van der Waals surface area contributed by atoms with E-state index in [0.717, 1.165) is 11.0 Å². The fourth-order valence-corrected chi connectivity index (χ4v) is 4.04. The predicted molar refractivity (Wildman–Crippen MR) is 113 cm³/mol. The Morgan fingerprint density at radius 1 is 1.23 bits per heavy atom. The molecular formula is C22H22N4O5. The van der Waals surface area contributed by atoms with Crippen LogP contribution in [0.15, 0.2) is 42.5 Å². The van der Waals surface area contributed by atoms with Crippen LogP contribution in [0, 0.1) is 0 Å². The van der Waals surface area contributed by atoms with Crippen LogP contribution in [0.5, 0.6) is 11.5 Å². The molecule has 0 bridgehead atoms. The fourth-order valence-electron chi connectivity index (χ4n) is 4.04. The minimum atomic E-state index is -0.654. The third kappa shape index (κ3) is 3.46. The summed E-state index contributed by atoms with van der Waals surface area (Å²) in [5.41, 5.74) is 2.22. The first-order valence-corrected chi connectivity index (χ1v) is 10.1. The Morgan fingerprint density at radius 2 is 2.06 bits per heavy atom. The van der Waals surface area contributed by atoms with Crippen LogP contribution in [0.25, 0.3) is 11.0 Å². The summed E-state index contributed by atoms with van der Waals surface area (Å²) in [6, 6.07) is 12.2. The van der Waals surface area contributed by atoms with Crippen molar-refractivity contribution in [3.8, 4) is 11.5 Å². The van der Waals surface area contributed by atoms with Gasteiger partial charge in [-0.25, -0.2) is 4.98 Å². The van der Waals surface area contributed by atoms with Crippen molar-refractivity contribution in [2.75, 3.05) is 37.3 Å². The van der Waals surface area contributed by atoms with E-state index in [9.17, 15) is 9.59 Å². The Morgan fingerprint density at radius 3 is 2.94 bits per heavy atom. The van der Waals surface area contributed by atoms with Crippen LogP contribution < -0.4 is 19.7 Å². The largest absolute Gasteiger partial charge is 0.454 e. The first-order valence-electron chi connectivity index (χ1n) is 10.1. The molecule has 0 fully saturated rings. The number of para-hydroxylation sites is 2. The highest BCUT2D eigenvalue weighted by Crippen LogP contribution is 2.37. The van der Waals surface area contributed by atoms with Gasteiger partial charge in [-0.3, -0.25) is 19.1 Å². The molecule has 9 nitrogen and oxygen atoms in total. The molecule has 9 heteroatoms. The number of nitrogens with zero attached hydrogens (tertiary/aromatic N) is 3. The molecule has 160 valence electrons. The molecule has 1 aromatic heterocycles. The molecular weight excluding hydrogens is 400 g/mol. The van der Waals surface area contributed by atoms with Crippen molar-refractivity contribution in [2.45, 2.75) is 18.9 Å². The van der Waals surface area contributed by atoms with Gasteiger partial charge in [0.25, 0.3) is 5.91 Å². The topological polar surface area (TPSA) is 94.9 Å². The number of amides is 2. The number of carbonyl (C=O) groups is 2. The van der Waals surface area contributed by atoms with Crippen LogP contribution in [0.3, 0.4) is 0 Å². The molecule has 1 unspecified atom stereocenters. The van der Waals surface area contributed by atoms with E-state index in [1.54, 1.807) is 30.2 Å². The summed E-state index contributed by atoms with van der Waals surface area (Å²) >= 11 is 0. The van der Waals surface area contributed by atoms with Gasteiger partial charge < -0.3 is 19.5 Å². The zero-order chi connectivity index (χ0) is 21.4. The normalized spacial score (nSPS) is 16.7. The molecule has 1 atom stereocenters. The number of hydrogen-bond acceptors (Lipinski definition) is 6. The molecule has 2 amide bonds. The molecule has 0 saturated carbocycles. The summed E-state index contributed by atoms with van der Waals surface area (Å²) < 4.78 is 17.6. The van der Waals surface area contributed by atoms with Crippen molar-refractivity contribution in [2.24, 2.45) is 0 Å². The maximum absolute atomic E-state index is 13.2. The number of fused-ring (bicyclic) bond motifs is 4. The molecule has 2 aromatic carbocycles. The first kappa shape index (κ1) is 19.4. The Bertz CT molecular complexity index is 1160. The average molecular weight is 422 g/mol. The number of methoxy groups -OCH3 is 1. The van der Waals surface area contributed by atoms with Gasteiger partial charge >= 0.3 is 0 Å². The molecule has 0 radical (unpaired) electrons. The molecule has 31 heavy (non-hydrogen) atoms. The summed E-state index contributed by atoms with van der Waals surface area (Å²) in [7, 11) is 1.63. The van der Waals surface area contributed by atoms with E-state index in [-0.39, 0.29) is 25.0 Å². The number of imidazole rings is 1. The Labute approximate surface area is 178 Å². The van der Waals surface area contributed by atoms with Crippen LogP contribution in [0.2, 0.25) is 0 Å². The van der Waals surface area contributed by atoms with Crippen LogP contribution in [-0.4, -0.2) is 48.4 Å². The van der Waals surface area contributed by atoms with Crippen molar-refractivity contribution in [3.05, 3.63) is 42.5 Å². The Balaban J connectivity index is 1.39. The van der Waals surface area contributed by atoms with Crippen molar-refractivity contribution in [3.63, 3.8) is 0 Å². The summed E-state index contributed by atoms with van der Waals surface area (Å²) in [6.07, 6.45) is 0.683. The third-order valence-corrected chi connectivity index (χ3v) is 5.45. The monoisotopic (exact) mass is 422 g/mol. The molecule has 5 rings (SSSR count). The third-order valence-electron chi connectivity index (χ3n) is 5.45. The summed E-state index contributed by atoms with van der Waals surface area (Å²) in [4.78, 5) is 32.4. The summed E-state index contributed by atoms with van der Waals surface area (Å²) in [6.45, 7) is 1.19. The number of benzene rings is 2. The number of hydrogen-bond donors (Lipinski definition) is 1. The van der Waals surface area contributed by atoms with Gasteiger partial charge in [0, 0.05) is 32.0 Å². The standard InChI is InChI=1S/C22H22N4O5/c1-29-10-4-9-25-21(28)17(26-16-6-3-2-5-15(16)24-22(25)26)12-20(27)23-14-7-8-18-19(11-14)31-13-30-18/h2-3,5-8,11,17H,4,9-10,12-13H2,1H3,(H,23,27). The van der Waals surface area contributed by atoms with Gasteiger partial charge in [0.15, 0.2) is 11.5 Å². The molecule has 1 N–H and O–H groups in total. The molecule has 3 heterocycles. The number of aromatic nitrogens is 2. The molecule has 0 spiro atoms. The van der Waals surface area contributed by atoms with E-state index in [2.05, 4.69) is 10.3 Å². The van der Waals surface area contributed by atoms with E-state index in [1.807, 2.05) is 28.8 Å². The SMILES string of the molecule is COCCCN1C(=O)C(CC(=O)Nc2ccc3c(c2)OCO3)n2c1nc1ccccc12. The lowest BCUT2D eigenvalue weighted by atomic mass is 10.1. The number of nitrogens with one attached hydrogen (secondary N) is 1. The van der Waals surface area contributed by atoms with Crippen molar-refractivity contribution < 1.29 is 23.8 Å². The number of anilines is 2. The van der Waals surface area contributed by atoms with Gasteiger partial charge in [0.05, 0.1) is 17.5 Å². The highest BCUT2D eigenvalue weighted by molar-refractivity contribution is 6.05. The Hall–Kier alpha value is -3.59. The minimum absolute atomic E-state index is 0.00140. The van der Waals surface area contributed by atoms with Crippen molar-refractivity contribution in [1.29, 1.82) is 0 Å². The van der Waals surface area contributed by atoms with Crippen molar-refractivity contribution in [1.82, 2.24) is 9.55 Å². The van der Waals surface area contributed by atoms with Gasteiger partial charge in [-0.15, -0.1) is 0 Å². The van der Waals surface area contributed by atoms with Crippen LogP contribution in [-0.2, 0) is 14.3 Å². The Kier molecular flexibility index (Phi) is 4.95. The maximum Gasteiger partial charge on any atom is 0.253 e. The zero-order valence-corrected chi connectivity index (χ0v) is 17.0. The fraction of sp³-hybridized carbons (Fsp3) is 0.318. The summed E-state index contributed by atoms with van der Waals surface area (Å²) in [5, 5.41) is 2.86. The van der Waals surface area contributed by atoms with Crippen molar-refractivity contribution >= 4 is 34.5 Å². The van der Waals surface area contributed by atoms with Crippen LogP contribution >= 0.6 is 0 Å². The van der Waals surface area contributed by atoms with E-state index >= 15 is 0 Å². The van der Waals surface area contributed by atoms with Crippen LogP contribution in [0.4, 0.5) is 11.6 Å². The highest BCUT2D eigenvalue weighted by Gasteiger charge is 2.40. The number of carbonyl (C=O) groups excluding carboxylic acids is 2. The maximum atomic E-state index is 13.2. The lowest BCUT2D eigenvalue weighted by Crippen LogP contribution is -2.32. The first-order chi connectivity index (χ1) is 15.2. The van der Waals surface area contributed by atoms with E-state index in [1.165, 1.54) is 0 Å². The lowest BCUT2D eigenvalue weighted by Gasteiger charge is -2.15. The predicted octanol–water partition coefficient (Wildman–Crippen LogP) is 2.72. The van der Waals surface area contributed by atoms with E-state index in [4.69, 9.17) is 14.2 Å². The molecule has 2 aliphatic heterocycles. The average Bonchev–Trinajstić information content (AvgIpc) is 3.44. The smallest absolute Gasteiger partial charge is 0.253 e. The molecule has 3 aromatic rings. The second-order valence-electron chi connectivity index (χ2n) is 7.44. The quantitative estimate of drug-likeness (QED) is 0.589. The van der Waals surface area contributed by atoms with E-state index < -0.39 is 6.04 Å². The van der Waals surface area contributed by atoms with Gasteiger partial charge in [-0.05, 0) is 30.7 Å². The summed E-state index contributed by atoms with van der Waals surface area (Å²) in [5.74, 6) is 1.40. The van der Waals surface area contributed by atoms with Gasteiger partial charge in [-0.1, -0.05) is 12.1 Å². The van der Waals surface area contributed by atoms with E-state index in [0.29, 0.717) is 42.7 Å². The molecule has 2 aliphatic rings. The minimum Gasteiger partial charge on any atom is -0.454 e. The van der Waals surface area contributed by atoms with Gasteiger partial charge in [0.2, 0.25) is 18.6 Å². The molecule has 0 saturated heterocycles. The molecule has 0 aliphatic carbocycles.